The lowest BCUT2D eigenvalue weighted by Gasteiger charge is -2.18. The van der Waals surface area contributed by atoms with Crippen LogP contribution >= 0.6 is 0 Å². The molecule has 0 aliphatic heterocycles. The van der Waals surface area contributed by atoms with E-state index in [1.807, 2.05) is 6.08 Å². The van der Waals surface area contributed by atoms with Gasteiger partial charge in [-0.3, -0.25) is 14.4 Å². The first kappa shape index (κ1) is 74.6. The van der Waals surface area contributed by atoms with E-state index in [2.05, 4.69) is 99.8 Å². The second-order valence-electron chi connectivity index (χ2n) is 22.4. The molecule has 78 heavy (non-hydrogen) atoms. The molecule has 0 fully saturated rings. The number of allylic oxidation sites excluding steroid dienone is 14. The van der Waals surface area contributed by atoms with E-state index in [9.17, 15) is 14.4 Å². The summed E-state index contributed by atoms with van der Waals surface area (Å²) in [5.41, 5.74) is 0. The van der Waals surface area contributed by atoms with Crippen molar-refractivity contribution >= 4 is 17.9 Å². The van der Waals surface area contributed by atoms with Crippen LogP contribution in [0.5, 0.6) is 0 Å². The molecule has 0 saturated heterocycles. The van der Waals surface area contributed by atoms with E-state index in [1.54, 1.807) is 0 Å². The number of ether oxygens (including phenoxy) is 3. The van der Waals surface area contributed by atoms with Crippen molar-refractivity contribution in [2.24, 2.45) is 0 Å². The number of unbranched alkanes of at least 4 members (excludes halogenated alkanes) is 36. The van der Waals surface area contributed by atoms with Gasteiger partial charge in [0.2, 0.25) is 0 Å². The number of hydrogen-bond acceptors (Lipinski definition) is 6. The summed E-state index contributed by atoms with van der Waals surface area (Å²) in [6.07, 6.45) is 88.0. The molecule has 0 aromatic rings. The van der Waals surface area contributed by atoms with E-state index in [4.69, 9.17) is 14.2 Å². The monoisotopic (exact) mass is 1090 g/mol. The van der Waals surface area contributed by atoms with Crippen LogP contribution < -0.4 is 0 Å². The highest BCUT2D eigenvalue weighted by Gasteiger charge is 2.19. The topological polar surface area (TPSA) is 78.9 Å². The van der Waals surface area contributed by atoms with Crippen molar-refractivity contribution in [3.05, 3.63) is 85.1 Å². The Morgan fingerprint density at radius 3 is 0.833 bits per heavy atom. The average Bonchev–Trinajstić information content (AvgIpc) is 3.44. The Morgan fingerprint density at radius 1 is 0.269 bits per heavy atom. The van der Waals surface area contributed by atoms with Crippen molar-refractivity contribution in [3.63, 3.8) is 0 Å². The Morgan fingerprint density at radius 2 is 0.526 bits per heavy atom. The third-order valence-corrected chi connectivity index (χ3v) is 14.6. The lowest BCUT2D eigenvalue weighted by atomic mass is 10.0. The highest BCUT2D eigenvalue weighted by Crippen LogP contribution is 2.17. The summed E-state index contributed by atoms with van der Waals surface area (Å²) in [5, 5.41) is 0. The summed E-state index contributed by atoms with van der Waals surface area (Å²) < 4.78 is 16.8. The predicted octanol–water partition coefficient (Wildman–Crippen LogP) is 23.1. The maximum atomic E-state index is 12.8. The van der Waals surface area contributed by atoms with E-state index in [-0.39, 0.29) is 37.5 Å². The fourth-order valence-corrected chi connectivity index (χ4v) is 9.64. The van der Waals surface area contributed by atoms with Crippen LogP contribution in [-0.2, 0) is 28.6 Å². The van der Waals surface area contributed by atoms with Gasteiger partial charge < -0.3 is 14.2 Å². The molecule has 6 heteroatoms. The number of rotatable bonds is 61. The number of carbonyl (C=O) groups is 3. The quantitative estimate of drug-likeness (QED) is 0.0261. The van der Waals surface area contributed by atoms with Crippen LogP contribution in [-0.4, -0.2) is 37.2 Å². The van der Waals surface area contributed by atoms with Gasteiger partial charge in [0.15, 0.2) is 6.10 Å². The minimum absolute atomic E-state index is 0.103. The van der Waals surface area contributed by atoms with Gasteiger partial charge in [-0.15, -0.1) is 0 Å². The lowest BCUT2D eigenvalue weighted by molar-refractivity contribution is -0.166. The lowest BCUT2D eigenvalue weighted by Crippen LogP contribution is -2.30. The fraction of sp³-hybridized carbons (Fsp3) is 0.764. The van der Waals surface area contributed by atoms with Gasteiger partial charge in [-0.25, -0.2) is 0 Å². The van der Waals surface area contributed by atoms with Gasteiger partial charge >= 0.3 is 17.9 Å². The van der Waals surface area contributed by atoms with Gasteiger partial charge in [-0.1, -0.05) is 318 Å². The summed E-state index contributed by atoms with van der Waals surface area (Å²) in [7, 11) is 0. The predicted molar refractivity (Wildman–Crippen MR) is 339 cm³/mol. The molecule has 0 saturated carbocycles. The molecule has 6 nitrogen and oxygen atoms in total. The van der Waals surface area contributed by atoms with Crippen molar-refractivity contribution in [1.82, 2.24) is 0 Å². The smallest absolute Gasteiger partial charge is 0.306 e. The molecule has 1 atom stereocenters. The number of hydrogen-bond donors (Lipinski definition) is 0. The molecule has 0 aromatic heterocycles. The summed E-state index contributed by atoms with van der Waals surface area (Å²) >= 11 is 0. The standard InChI is InChI=1S/C72H126O6/c1-4-7-10-13-16-19-21-23-25-27-29-30-31-32-33-34-35-36-37-38-39-40-41-42-44-45-47-49-51-53-56-59-62-65-71(74)77-68-69(67-76-70(73)64-61-58-55-18-15-12-9-6-3)78-72(75)66-63-60-57-54-52-50-48-46-43-28-26-24-22-20-17-14-11-8-5-2/h8,11,17,20,24,26-27,29,43,46,50,52,57,60,69H,4-7,9-10,12-16,18-19,21-23,25,28,30-42,44-45,47-49,51,53-56,58-59,61-68H2,1-3H3/b11-8-,20-17-,26-24-,29-27-,46-43-,52-50-,60-57-. The van der Waals surface area contributed by atoms with Crippen molar-refractivity contribution in [1.29, 1.82) is 0 Å². The van der Waals surface area contributed by atoms with Gasteiger partial charge in [-0.2, -0.15) is 0 Å². The van der Waals surface area contributed by atoms with Crippen LogP contribution in [0.2, 0.25) is 0 Å². The van der Waals surface area contributed by atoms with E-state index < -0.39 is 6.10 Å². The molecule has 0 aliphatic carbocycles. The summed E-state index contributed by atoms with van der Waals surface area (Å²) in [4.78, 5) is 38.1. The maximum absolute atomic E-state index is 12.8. The first-order valence-corrected chi connectivity index (χ1v) is 33.6. The van der Waals surface area contributed by atoms with Crippen LogP contribution in [0.15, 0.2) is 85.1 Å². The van der Waals surface area contributed by atoms with E-state index in [0.717, 1.165) is 77.0 Å². The zero-order chi connectivity index (χ0) is 56.4. The molecule has 0 aromatic carbocycles. The largest absolute Gasteiger partial charge is 0.462 e. The highest BCUT2D eigenvalue weighted by molar-refractivity contribution is 5.71. The van der Waals surface area contributed by atoms with Crippen molar-refractivity contribution in [2.45, 2.75) is 341 Å². The average molecular weight is 1090 g/mol. The van der Waals surface area contributed by atoms with Gasteiger partial charge in [0, 0.05) is 19.3 Å². The molecule has 1 unspecified atom stereocenters. The zero-order valence-corrected chi connectivity index (χ0v) is 51.7. The van der Waals surface area contributed by atoms with Gasteiger partial charge in [0.1, 0.15) is 13.2 Å². The van der Waals surface area contributed by atoms with Crippen molar-refractivity contribution in [3.8, 4) is 0 Å². The molecule has 450 valence electrons. The molecule has 0 rings (SSSR count). The molecule has 0 radical (unpaired) electrons. The molecular formula is C72H126O6. The van der Waals surface area contributed by atoms with Crippen molar-refractivity contribution in [2.75, 3.05) is 13.2 Å². The third kappa shape index (κ3) is 63.4. The molecule has 0 spiro atoms. The Kier molecular flexibility index (Phi) is 63.2. The first-order valence-electron chi connectivity index (χ1n) is 33.6. The van der Waals surface area contributed by atoms with Crippen LogP contribution in [0.1, 0.15) is 335 Å². The third-order valence-electron chi connectivity index (χ3n) is 14.6. The summed E-state index contributed by atoms with van der Waals surface area (Å²) in [6, 6.07) is 0. The Labute approximate surface area is 484 Å². The zero-order valence-electron chi connectivity index (χ0n) is 51.7. The van der Waals surface area contributed by atoms with Gasteiger partial charge in [0.25, 0.3) is 0 Å². The summed E-state index contributed by atoms with van der Waals surface area (Å²) in [5.74, 6) is -0.981. The Hall–Kier alpha value is -3.41. The molecule has 0 bridgehead atoms. The Bertz CT molecular complexity index is 1480. The number of carbonyl (C=O) groups excluding carboxylic acids is 3. The van der Waals surface area contributed by atoms with Crippen LogP contribution in [0, 0.1) is 0 Å². The Balaban J connectivity index is 4.10. The molecule has 0 aliphatic rings. The minimum atomic E-state index is -0.814. The van der Waals surface area contributed by atoms with E-state index >= 15 is 0 Å². The molecule has 0 amide bonds. The second-order valence-corrected chi connectivity index (χ2v) is 22.4. The first-order chi connectivity index (χ1) is 38.5. The SMILES string of the molecule is CC/C=C\C/C=C\C/C=C\C/C=C\C/C=C\C/C=C\CCC(=O)OC(COC(=O)CCCCCCCCCC)COC(=O)CCCCCCCCCCCCCCCCCCCCCCC/C=C\CCCCCCCCCC. The molecular weight excluding hydrogens is 961 g/mol. The second kappa shape index (κ2) is 66.1. The number of esters is 3. The van der Waals surface area contributed by atoms with Crippen LogP contribution in [0.3, 0.4) is 0 Å². The molecule has 0 heterocycles. The maximum Gasteiger partial charge on any atom is 0.306 e. The molecule has 0 N–H and O–H groups in total. The van der Waals surface area contributed by atoms with Crippen LogP contribution in [0.25, 0.3) is 0 Å². The van der Waals surface area contributed by atoms with Crippen LogP contribution in [0.4, 0.5) is 0 Å². The van der Waals surface area contributed by atoms with E-state index in [0.29, 0.717) is 19.3 Å². The normalized spacial score (nSPS) is 12.6. The fourth-order valence-electron chi connectivity index (χ4n) is 9.64. The van der Waals surface area contributed by atoms with E-state index in [1.165, 1.54) is 212 Å². The highest BCUT2D eigenvalue weighted by atomic mass is 16.6. The van der Waals surface area contributed by atoms with Gasteiger partial charge in [-0.05, 0) is 83.5 Å². The van der Waals surface area contributed by atoms with Crippen molar-refractivity contribution < 1.29 is 28.6 Å². The van der Waals surface area contributed by atoms with Gasteiger partial charge in [0.05, 0.1) is 0 Å². The summed E-state index contributed by atoms with van der Waals surface area (Å²) in [6.45, 7) is 6.46. The minimum Gasteiger partial charge on any atom is -0.462 e.